The summed E-state index contributed by atoms with van der Waals surface area (Å²) in [6, 6.07) is 0. The van der Waals surface area contributed by atoms with Crippen molar-refractivity contribution in [2.24, 2.45) is 0 Å². The lowest BCUT2D eigenvalue weighted by molar-refractivity contribution is -0.0541. The highest BCUT2D eigenvalue weighted by Gasteiger charge is 2.30. The summed E-state index contributed by atoms with van der Waals surface area (Å²) in [6.45, 7) is 5.72. The maximum Gasteiger partial charge on any atom is 0.125 e. The van der Waals surface area contributed by atoms with E-state index in [1.165, 1.54) is 0 Å². The van der Waals surface area contributed by atoms with Crippen LogP contribution < -0.4 is 0 Å². The summed E-state index contributed by atoms with van der Waals surface area (Å²) in [4.78, 5) is 0. The lowest BCUT2D eigenvalue weighted by atomic mass is 9.99. The molecule has 1 aromatic rings. The normalized spacial score (nSPS) is 14.4. The van der Waals surface area contributed by atoms with Crippen molar-refractivity contribution in [3.63, 3.8) is 0 Å². The van der Waals surface area contributed by atoms with Crippen molar-refractivity contribution in [2.45, 2.75) is 39.0 Å². The molecule has 2 N–H and O–H groups in total. The third kappa shape index (κ3) is 2.16. The summed E-state index contributed by atoms with van der Waals surface area (Å²) < 4.78 is 2.38. The van der Waals surface area contributed by atoms with Crippen LogP contribution in [0.5, 0.6) is 0 Å². The van der Waals surface area contributed by atoms with E-state index in [2.05, 4.69) is 21.0 Å². The molecule has 5 heteroatoms. The van der Waals surface area contributed by atoms with Gasteiger partial charge in [0.15, 0.2) is 0 Å². The van der Waals surface area contributed by atoms with Crippen molar-refractivity contribution in [2.75, 3.05) is 0 Å². The molecule has 1 unspecified atom stereocenters. The van der Waals surface area contributed by atoms with Crippen molar-refractivity contribution < 1.29 is 10.2 Å². The lowest BCUT2D eigenvalue weighted by Gasteiger charge is -2.25. The predicted octanol–water partition coefficient (Wildman–Crippen LogP) is 1.47. The summed E-state index contributed by atoms with van der Waals surface area (Å²) in [5.74, 6) is 0. The molecule has 0 aliphatic heterocycles. The van der Waals surface area contributed by atoms with Gasteiger partial charge in [0.25, 0.3) is 0 Å². The summed E-state index contributed by atoms with van der Waals surface area (Å²) in [7, 11) is 0. The second kappa shape index (κ2) is 4.00. The van der Waals surface area contributed by atoms with Crippen LogP contribution in [0, 0.1) is 0 Å². The number of hydrogen-bond acceptors (Lipinski definition) is 3. The Kier molecular flexibility index (Phi) is 3.34. The van der Waals surface area contributed by atoms with Crippen molar-refractivity contribution in [1.82, 2.24) is 9.78 Å². The highest BCUT2D eigenvalue weighted by molar-refractivity contribution is 9.10. The Bertz CT molecular complexity index is 317. The Morgan fingerprint density at radius 1 is 1.64 bits per heavy atom. The van der Waals surface area contributed by atoms with E-state index in [1.807, 2.05) is 6.92 Å². The van der Waals surface area contributed by atoms with Gasteiger partial charge in [-0.15, -0.1) is 0 Å². The largest absolute Gasteiger partial charge is 0.387 e. The molecule has 1 heterocycles. The average Bonchev–Trinajstić information content (AvgIpc) is 2.43. The summed E-state index contributed by atoms with van der Waals surface area (Å²) in [5.41, 5.74) is -0.560. The number of rotatable bonds is 3. The first-order valence-corrected chi connectivity index (χ1v) is 5.28. The predicted molar refractivity (Wildman–Crippen MR) is 56.9 cm³/mol. The molecule has 0 bridgehead atoms. The second-order valence-electron chi connectivity index (χ2n) is 3.75. The molecular formula is C9H15BrN2O2. The van der Waals surface area contributed by atoms with E-state index >= 15 is 0 Å². The fourth-order valence-electron chi connectivity index (χ4n) is 1.23. The molecule has 1 rings (SSSR count). The molecule has 0 spiro atoms. The van der Waals surface area contributed by atoms with Crippen LogP contribution in [-0.4, -0.2) is 25.6 Å². The summed E-state index contributed by atoms with van der Waals surface area (Å²) in [6.07, 6.45) is 0.674. The van der Waals surface area contributed by atoms with Gasteiger partial charge in [0, 0.05) is 6.54 Å². The van der Waals surface area contributed by atoms with Crippen LogP contribution in [0.3, 0.4) is 0 Å². The first-order valence-electron chi connectivity index (χ1n) is 4.49. The molecule has 0 amide bonds. The molecular weight excluding hydrogens is 248 g/mol. The maximum absolute atomic E-state index is 9.90. The van der Waals surface area contributed by atoms with Gasteiger partial charge < -0.3 is 10.2 Å². The molecule has 0 radical (unpaired) electrons. The zero-order chi connectivity index (χ0) is 10.9. The van der Waals surface area contributed by atoms with E-state index in [4.69, 9.17) is 0 Å². The van der Waals surface area contributed by atoms with Crippen molar-refractivity contribution in [3.05, 3.63) is 16.4 Å². The van der Waals surface area contributed by atoms with Crippen LogP contribution in [0.2, 0.25) is 0 Å². The van der Waals surface area contributed by atoms with Crippen LogP contribution >= 0.6 is 15.9 Å². The second-order valence-corrected chi connectivity index (χ2v) is 4.60. The standard InChI is InChI=1S/C9H15BrN2O2/c1-4-12-7(6(10)5-11-12)8(13)9(2,3)14/h5,8,13-14H,4H2,1-3H3. The Morgan fingerprint density at radius 3 is 2.64 bits per heavy atom. The minimum absolute atomic E-state index is 0.611. The quantitative estimate of drug-likeness (QED) is 0.868. The van der Waals surface area contributed by atoms with Gasteiger partial charge in [-0.25, -0.2) is 0 Å². The molecule has 80 valence electrons. The smallest absolute Gasteiger partial charge is 0.125 e. The van der Waals surface area contributed by atoms with Crippen molar-refractivity contribution >= 4 is 15.9 Å². The lowest BCUT2D eigenvalue weighted by Crippen LogP contribution is -2.30. The molecule has 14 heavy (non-hydrogen) atoms. The number of halogens is 1. The highest BCUT2D eigenvalue weighted by atomic mass is 79.9. The van der Waals surface area contributed by atoms with Gasteiger partial charge >= 0.3 is 0 Å². The van der Waals surface area contributed by atoms with E-state index in [1.54, 1.807) is 24.7 Å². The Balaban J connectivity index is 3.11. The number of nitrogens with zero attached hydrogens (tertiary/aromatic N) is 2. The van der Waals surface area contributed by atoms with Gasteiger partial charge in [0.2, 0.25) is 0 Å². The van der Waals surface area contributed by atoms with Gasteiger partial charge in [0.1, 0.15) is 6.10 Å². The molecule has 0 saturated carbocycles. The van der Waals surface area contributed by atoms with Gasteiger partial charge in [0.05, 0.1) is 22.0 Å². The fourth-order valence-corrected chi connectivity index (χ4v) is 1.74. The summed E-state index contributed by atoms with van der Waals surface area (Å²) in [5, 5.41) is 23.7. The van der Waals surface area contributed by atoms with Crippen LogP contribution in [0.15, 0.2) is 10.7 Å². The zero-order valence-electron chi connectivity index (χ0n) is 8.53. The first-order chi connectivity index (χ1) is 6.38. The number of aromatic nitrogens is 2. The molecule has 0 saturated heterocycles. The van der Waals surface area contributed by atoms with Gasteiger partial charge in [-0.05, 0) is 36.7 Å². The summed E-state index contributed by atoms with van der Waals surface area (Å²) >= 11 is 3.30. The number of aliphatic hydroxyl groups is 2. The maximum atomic E-state index is 9.90. The van der Waals surface area contributed by atoms with E-state index in [-0.39, 0.29) is 0 Å². The fraction of sp³-hybridized carbons (Fsp3) is 0.667. The third-order valence-corrected chi connectivity index (χ3v) is 2.67. The monoisotopic (exact) mass is 262 g/mol. The molecule has 4 nitrogen and oxygen atoms in total. The molecule has 0 aromatic carbocycles. The van der Waals surface area contributed by atoms with Crippen LogP contribution in [0.4, 0.5) is 0 Å². The minimum Gasteiger partial charge on any atom is -0.387 e. The molecule has 0 aliphatic carbocycles. The molecule has 0 fully saturated rings. The zero-order valence-corrected chi connectivity index (χ0v) is 10.1. The first kappa shape index (κ1) is 11.7. The highest BCUT2D eigenvalue weighted by Crippen LogP contribution is 2.30. The Labute approximate surface area is 91.7 Å². The average molecular weight is 263 g/mol. The molecule has 0 aliphatic rings. The molecule has 1 atom stereocenters. The van der Waals surface area contributed by atoms with E-state index in [0.717, 1.165) is 0 Å². The minimum atomic E-state index is -1.17. The van der Waals surface area contributed by atoms with Crippen LogP contribution in [-0.2, 0) is 6.54 Å². The number of hydrogen-bond donors (Lipinski definition) is 2. The van der Waals surface area contributed by atoms with Gasteiger partial charge in [-0.2, -0.15) is 5.10 Å². The van der Waals surface area contributed by atoms with E-state index < -0.39 is 11.7 Å². The van der Waals surface area contributed by atoms with Gasteiger partial charge in [-0.1, -0.05) is 0 Å². The number of aliphatic hydroxyl groups excluding tert-OH is 1. The van der Waals surface area contributed by atoms with E-state index in [0.29, 0.717) is 16.7 Å². The van der Waals surface area contributed by atoms with Crippen LogP contribution in [0.25, 0.3) is 0 Å². The number of aryl methyl sites for hydroxylation is 1. The van der Waals surface area contributed by atoms with Crippen molar-refractivity contribution in [1.29, 1.82) is 0 Å². The Hall–Kier alpha value is -0.390. The third-order valence-electron chi connectivity index (χ3n) is 2.06. The van der Waals surface area contributed by atoms with Crippen molar-refractivity contribution in [3.8, 4) is 0 Å². The van der Waals surface area contributed by atoms with Gasteiger partial charge in [-0.3, -0.25) is 4.68 Å². The van der Waals surface area contributed by atoms with E-state index in [9.17, 15) is 10.2 Å². The SMILES string of the molecule is CCn1ncc(Br)c1C(O)C(C)(C)O. The molecule has 1 aromatic heterocycles. The van der Waals surface area contributed by atoms with Crippen LogP contribution in [0.1, 0.15) is 32.6 Å². The Morgan fingerprint density at radius 2 is 2.21 bits per heavy atom. The topological polar surface area (TPSA) is 58.3 Å².